The summed E-state index contributed by atoms with van der Waals surface area (Å²) in [5, 5.41) is 5.54. The fourth-order valence-electron chi connectivity index (χ4n) is 2.14. The zero-order valence-corrected chi connectivity index (χ0v) is 12.2. The molecule has 0 radical (unpaired) electrons. The van der Waals surface area contributed by atoms with Crippen LogP contribution in [0.1, 0.15) is 18.4 Å². The minimum absolute atomic E-state index is 0.928. The van der Waals surface area contributed by atoms with E-state index in [2.05, 4.69) is 37.1 Å². The summed E-state index contributed by atoms with van der Waals surface area (Å²) in [5.74, 6) is 0.954. The molecule has 0 fully saturated rings. The lowest BCUT2D eigenvalue weighted by Crippen LogP contribution is -2.05. The Bertz CT molecular complexity index is 674. The van der Waals surface area contributed by atoms with E-state index in [1.54, 1.807) is 17.7 Å². The van der Waals surface area contributed by atoms with Crippen molar-refractivity contribution in [3.63, 3.8) is 0 Å². The Morgan fingerprint density at radius 1 is 1.30 bits per heavy atom. The molecule has 1 N–H and O–H groups in total. The third-order valence-electron chi connectivity index (χ3n) is 3.23. The van der Waals surface area contributed by atoms with Crippen molar-refractivity contribution in [2.75, 3.05) is 11.9 Å². The Kier molecular flexibility index (Phi) is 3.92. The molecule has 5 nitrogen and oxygen atoms in total. The molecule has 0 saturated carbocycles. The average Bonchev–Trinajstić information content (AvgIpc) is 3.09. The molecule has 3 aromatic heterocycles. The zero-order valence-electron chi connectivity index (χ0n) is 11.4. The van der Waals surface area contributed by atoms with Crippen LogP contribution in [0.15, 0.2) is 30.4 Å². The second-order valence-electron chi connectivity index (χ2n) is 4.75. The van der Waals surface area contributed by atoms with Gasteiger partial charge in [0.05, 0.1) is 16.5 Å². The molecule has 3 rings (SSSR count). The standard InChI is InChI=1S/C14H17N5S/c1-11-8-20-13-12(11)17-9-18-14(13)16-4-2-3-6-19-7-5-15-10-19/h5,7-10H,2-4,6H2,1H3,(H,16,17,18). The first-order chi connectivity index (χ1) is 9.84. The van der Waals surface area contributed by atoms with Gasteiger partial charge in [0.1, 0.15) is 12.1 Å². The molecule has 0 unspecified atom stereocenters. The van der Waals surface area contributed by atoms with E-state index in [0.29, 0.717) is 0 Å². The molecule has 0 aliphatic carbocycles. The predicted octanol–water partition coefficient (Wildman–Crippen LogP) is 3.09. The number of aryl methyl sites for hydroxylation is 2. The van der Waals surface area contributed by atoms with Crippen molar-refractivity contribution in [3.05, 3.63) is 36.0 Å². The second kappa shape index (κ2) is 6.00. The average molecular weight is 287 g/mol. The van der Waals surface area contributed by atoms with Crippen molar-refractivity contribution in [2.45, 2.75) is 26.3 Å². The van der Waals surface area contributed by atoms with Gasteiger partial charge in [-0.15, -0.1) is 11.3 Å². The van der Waals surface area contributed by atoms with Crippen molar-refractivity contribution in [1.29, 1.82) is 0 Å². The molecular formula is C14H17N5S. The molecule has 0 amide bonds. The maximum absolute atomic E-state index is 4.34. The van der Waals surface area contributed by atoms with Crippen molar-refractivity contribution in [3.8, 4) is 0 Å². The number of hydrogen-bond donors (Lipinski definition) is 1. The van der Waals surface area contributed by atoms with Crippen LogP contribution in [0, 0.1) is 6.92 Å². The number of fused-ring (bicyclic) bond motifs is 1. The summed E-state index contributed by atoms with van der Waals surface area (Å²) in [6.07, 6.45) is 9.53. The van der Waals surface area contributed by atoms with Gasteiger partial charge >= 0.3 is 0 Å². The summed E-state index contributed by atoms with van der Waals surface area (Å²) in [6, 6.07) is 0. The van der Waals surface area contributed by atoms with Gasteiger partial charge in [0.25, 0.3) is 0 Å². The van der Waals surface area contributed by atoms with Crippen molar-refractivity contribution in [2.24, 2.45) is 0 Å². The highest BCUT2D eigenvalue weighted by Crippen LogP contribution is 2.28. The Balaban J connectivity index is 1.52. The van der Waals surface area contributed by atoms with Gasteiger partial charge in [-0.3, -0.25) is 0 Å². The molecule has 104 valence electrons. The molecule has 0 saturated heterocycles. The van der Waals surface area contributed by atoms with Crippen LogP contribution in [-0.4, -0.2) is 26.1 Å². The first-order valence-corrected chi connectivity index (χ1v) is 7.61. The van der Waals surface area contributed by atoms with Gasteiger partial charge < -0.3 is 9.88 Å². The van der Waals surface area contributed by atoms with Crippen LogP contribution in [-0.2, 0) is 6.54 Å². The molecule has 0 atom stereocenters. The minimum Gasteiger partial charge on any atom is -0.369 e. The molecule has 0 aliphatic heterocycles. The van der Waals surface area contributed by atoms with Gasteiger partial charge in [0.15, 0.2) is 0 Å². The third-order valence-corrected chi connectivity index (χ3v) is 4.32. The lowest BCUT2D eigenvalue weighted by molar-refractivity contribution is 0.621. The van der Waals surface area contributed by atoms with Crippen LogP contribution in [0.3, 0.4) is 0 Å². The Hall–Kier alpha value is -1.95. The van der Waals surface area contributed by atoms with Crippen LogP contribution in [0.4, 0.5) is 5.82 Å². The summed E-state index contributed by atoms with van der Waals surface area (Å²) in [4.78, 5) is 12.7. The second-order valence-corrected chi connectivity index (χ2v) is 5.63. The number of rotatable bonds is 6. The lowest BCUT2D eigenvalue weighted by atomic mass is 10.3. The molecule has 3 aromatic rings. The number of unbranched alkanes of at least 4 members (excludes halogenated alkanes) is 1. The van der Waals surface area contributed by atoms with Gasteiger partial charge in [-0.25, -0.2) is 15.0 Å². The molecule has 6 heteroatoms. The molecule has 0 bridgehead atoms. The predicted molar refractivity (Wildman–Crippen MR) is 82.1 cm³/mol. The monoisotopic (exact) mass is 287 g/mol. The Labute approximate surface area is 121 Å². The van der Waals surface area contributed by atoms with E-state index in [9.17, 15) is 0 Å². The van der Waals surface area contributed by atoms with Crippen LogP contribution in [0.2, 0.25) is 0 Å². The number of nitrogens with zero attached hydrogens (tertiary/aromatic N) is 4. The Morgan fingerprint density at radius 3 is 3.10 bits per heavy atom. The SMILES string of the molecule is Cc1csc2c(NCCCCn3ccnc3)ncnc12. The fraction of sp³-hybridized carbons (Fsp3) is 0.357. The summed E-state index contributed by atoms with van der Waals surface area (Å²) in [5.41, 5.74) is 2.28. The topological polar surface area (TPSA) is 55.6 Å². The number of imidazole rings is 1. The van der Waals surface area contributed by atoms with E-state index < -0.39 is 0 Å². The largest absolute Gasteiger partial charge is 0.369 e. The van der Waals surface area contributed by atoms with E-state index in [-0.39, 0.29) is 0 Å². The quantitative estimate of drug-likeness (QED) is 0.708. The van der Waals surface area contributed by atoms with Gasteiger partial charge in [-0.1, -0.05) is 0 Å². The normalized spacial score (nSPS) is 11.1. The molecule has 0 spiro atoms. The first-order valence-electron chi connectivity index (χ1n) is 6.73. The maximum Gasteiger partial charge on any atom is 0.147 e. The van der Waals surface area contributed by atoms with Gasteiger partial charge in [0, 0.05) is 25.5 Å². The molecule has 20 heavy (non-hydrogen) atoms. The Morgan fingerprint density at radius 2 is 2.25 bits per heavy atom. The molecule has 3 heterocycles. The van der Waals surface area contributed by atoms with Crippen LogP contribution in [0.25, 0.3) is 10.2 Å². The smallest absolute Gasteiger partial charge is 0.147 e. The van der Waals surface area contributed by atoms with Crippen LogP contribution >= 0.6 is 11.3 Å². The molecular weight excluding hydrogens is 270 g/mol. The number of anilines is 1. The van der Waals surface area contributed by atoms with Crippen molar-refractivity contribution >= 4 is 27.4 Å². The number of nitrogens with one attached hydrogen (secondary N) is 1. The minimum atomic E-state index is 0.928. The summed E-state index contributed by atoms with van der Waals surface area (Å²) in [6.45, 7) is 4.03. The molecule has 0 aromatic carbocycles. The fourth-order valence-corrected chi connectivity index (χ4v) is 3.11. The highest BCUT2D eigenvalue weighted by molar-refractivity contribution is 7.18. The van der Waals surface area contributed by atoms with Crippen molar-refractivity contribution < 1.29 is 0 Å². The number of aromatic nitrogens is 4. The van der Waals surface area contributed by atoms with Gasteiger partial charge in [-0.2, -0.15) is 0 Å². The van der Waals surface area contributed by atoms with Gasteiger partial charge in [0.2, 0.25) is 0 Å². The van der Waals surface area contributed by atoms with E-state index >= 15 is 0 Å². The highest BCUT2D eigenvalue weighted by atomic mass is 32.1. The van der Waals surface area contributed by atoms with E-state index in [1.807, 2.05) is 18.7 Å². The summed E-state index contributed by atoms with van der Waals surface area (Å²) in [7, 11) is 0. The van der Waals surface area contributed by atoms with Crippen LogP contribution in [0.5, 0.6) is 0 Å². The van der Waals surface area contributed by atoms with Crippen molar-refractivity contribution in [1.82, 2.24) is 19.5 Å². The zero-order chi connectivity index (χ0) is 13.8. The lowest BCUT2D eigenvalue weighted by Gasteiger charge is -2.06. The van der Waals surface area contributed by atoms with E-state index in [1.165, 1.54) is 5.56 Å². The summed E-state index contributed by atoms with van der Waals surface area (Å²) < 4.78 is 3.26. The number of hydrogen-bond acceptors (Lipinski definition) is 5. The number of thiophene rings is 1. The molecule has 0 aliphatic rings. The van der Waals surface area contributed by atoms with Crippen LogP contribution < -0.4 is 5.32 Å². The van der Waals surface area contributed by atoms with E-state index in [0.717, 1.165) is 42.0 Å². The first kappa shape index (κ1) is 13.1. The van der Waals surface area contributed by atoms with Gasteiger partial charge in [-0.05, 0) is 30.7 Å². The maximum atomic E-state index is 4.34. The highest BCUT2D eigenvalue weighted by Gasteiger charge is 2.07. The summed E-state index contributed by atoms with van der Waals surface area (Å²) >= 11 is 1.70. The third kappa shape index (κ3) is 2.80. The van der Waals surface area contributed by atoms with E-state index in [4.69, 9.17) is 0 Å².